The van der Waals surface area contributed by atoms with Gasteiger partial charge in [0.25, 0.3) is 5.91 Å². The summed E-state index contributed by atoms with van der Waals surface area (Å²) in [5.74, 6) is -2.41. The van der Waals surface area contributed by atoms with E-state index in [1.165, 1.54) is 0 Å². The number of halogens is 3. The van der Waals surface area contributed by atoms with Crippen molar-refractivity contribution in [3.05, 3.63) is 35.4 Å². The molecule has 0 bridgehead atoms. The molecule has 0 aromatic heterocycles. The molecule has 0 unspecified atom stereocenters. The number of alkyl halides is 3. The quantitative estimate of drug-likeness (QED) is 0.632. The van der Waals surface area contributed by atoms with Crippen LogP contribution < -0.4 is 10.6 Å². The van der Waals surface area contributed by atoms with Gasteiger partial charge in [0.2, 0.25) is 5.91 Å². The predicted octanol–water partition coefficient (Wildman–Crippen LogP) is 0.0853. The highest BCUT2D eigenvalue weighted by Crippen LogP contribution is 2.28. The van der Waals surface area contributed by atoms with Crippen molar-refractivity contribution in [3.8, 4) is 0 Å². The van der Waals surface area contributed by atoms with Crippen molar-refractivity contribution in [1.82, 2.24) is 10.6 Å². The molecule has 10 heteroatoms. The van der Waals surface area contributed by atoms with Crippen LogP contribution in [0.25, 0.3) is 0 Å². The van der Waals surface area contributed by atoms with Gasteiger partial charge in [0, 0.05) is 5.56 Å². The first-order valence-electron chi connectivity index (χ1n) is 6.62. The number of carbonyl (C=O) groups is 3. The van der Waals surface area contributed by atoms with E-state index in [4.69, 9.17) is 5.11 Å². The maximum atomic E-state index is 12.4. The summed E-state index contributed by atoms with van der Waals surface area (Å²) in [5.41, 5.74) is -0.969. The number of nitrogens with one attached hydrogen (secondary N) is 2. The lowest BCUT2D eigenvalue weighted by molar-refractivity contribution is -0.146. The monoisotopic (exact) mass is 348 g/mol. The summed E-state index contributed by atoms with van der Waals surface area (Å²) in [6.07, 6.45) is -4.51. The number of ether oxygens (including phenoxy) is 1. The first kappa shape index (κ1) is 19.4. The van der Waals surface area contributed by atoms with Crippen LogP contribution in [0, 0.1) is 0 Å². The van der Waals surface area contributed by atoms with Crippen LogP contribution in [-0.2, 0) is 20.5 Å². The van der Waals surface area contributed by atoms with Gasteiger partial charge in [-0.3, -0.25) is 9.59 Å². The average Bonchev–Trinajstić information content (AvgIpc) is 2.56. The SMILES string of the molecule is COC(=O)[C@@H](CO)NC(=O)CNC(=O)c1ccc(C(F)(F)F)cc1. The topological polar surface area (TPSA) is 105 Å². The second kappa shape index (κ2) is 8.29. The Balaban J connectivity index is 2.56. The van der Waals surface area contributed by atoms with E-state index in [0.29, 0.717) is 0 Å². The van der Waals surface area contributed by atoms with Gasteiger partial charge in [0.1, 0.15) is 0 Å². The van der Waals surface area contributed by atoms with Crippen molar-refractivity contribution in [2.75, 3.05) is 20.3 Å². The fourth-order valence-corrected chi connectivity index (χ4v) is 1.64. The molecule has 0 saturated carbocycles. The molecule has 132 valence electrons. The van der Waals surface area contributed by atoms with E-state index in [-0.39, 0.29) is 5.56 Å². The summed E-state index contributed by atoms with van der Waals surface area (Å²) >= 11 is 0. The van der Waals surface area contributed by atoms with Crippen LogP contribution in [0.1, 0.15) is 15.9 Å². The Bertz CT molecular complexity index is 601. The van der Waals surface area contributed by atoms with Crippen molar-refractivity contribution in [2.45, 2.75) is 12.2 Å². The Hall–Kier alpha value is -2.62. The largest absolute Gasteiger partial charge is 0.467 e. The third-order valence-corrected chi connectivity index (χ3v) is 2.89. The number of esters is 1. The minimum Gasteiger partial charge on any atom is -0.467 e. The van der Waals surface area contributed by atoms with Crippen LogP contribution >= 0.6 is 0 Å². The van der Waals surface area contributed by atoms with E-state index in [1.54, 1.807) is 0 Å². The Morgan fingerprint density at radius 2 is 1.79 bits per heavy atom. The van der Waals surface area contributed by atoms with Crippen LogP contribution in [0.2, 0.25) is 0 Å². The predicted molar refractivity (Wildman–Crippen MR) is 74.8 cm³/mol. The molecular formula is C14H15F3N2O5. The van der Waals surface area contributed by atoms with E-state index in [1.807, 2.05) is 0 Å². The summed E-state index contributed by atoms with van der Waals surface area (Å²) in [6, 6.07) is 2.16. The second-order valence-corrected chi connectivity index (χ2v) is 4.58. The molecule has 1 atom stereocenters. The van der Waals surface area contributed by atoms with Crippen molar-refractivity contribution < 1.29 is 37.4 Å². The molecule has 0 heterocycles. The highest BCUT2D eigenvalue weighted by molar-refractivity contribution is 5.96. The first-order chi connectivity index (χ1) is 11.2. The van der Waals surface area contributed by atoms with E-state index >= 15 is 0 Å². The Morgan fingerprint density at radius 1 is 1.21 bits per heavy atom. The molecule has 1 aromatic rings. The highest BCUT2D eigenvalue weighted by Gasteiger charge is 2.30. The number of carbonyl (C=O) groups excluding carboxylic acids is 3. The number of amides is 2. The number of aliphatic hydroxyl groups excluding tert-OH is 1. The fraction of sp³-hybridized carbons (Fsp3) is 0.357. The molecule has 1 rings (SSSR count). The Labute approximate surface area is 134 Å². The number of hydrogen-bond donors (Lipinski definition) is 3. The molecule has 0 spiro atoms. The molecule has 7 nitrogen and oxygen atoms in total. The average molecular weight is 348 g/mol. The van der Waals surface area contributed by atoms with Gasteiger partial charge in [-0.25, -0.2) is 4.79 Å². The standard InChI is InChI=1S/C14H15F3N2O5/c1-24-13(23)10(7-20)19-11(21)6-18-12(22)8-2-4-9(5-3-8)14(15,16)17/h2-5,10,20H,6-7H2,1H3,(H,18,22)(H,19,21)/t10-/m1/s1. The third-order valence-electron chi connectivity index (χ3n) is 2.89. The molecule has 0 fully saturated rings. The van der Waals surface area contributed by atoms with Gasteiger partial charge in [0.05, 0.1) is 25.8 Å². The molecule has 24 heavy (non-hydrogen) atoms. The highest BCUT2D eigenvalue weighted by atomic mass is 19.4. The lowest BCUT2D eigenvalue weighted by Gasteiger charge is -2.14. The molecule has 0 aliphatic heterocycles. The van der Waals surface area contributed by atoms with Gasteiger partial charge >= 0.3 is 12.1 Å². The fourth-order valence-electron chi connectivity index (χ4n) is 1.64. The molecule has 0 aliphatic carbocycles. The van der Waals surface area contributed by atoms with Crippen molar-refractivity contribution >= 4 is 17.8 Å². The maximum Gasteiger partial charge on any atom is 0.416 e. The summed E-state index contributed by atoms with van der Waals surface area (Å²) in [4.78, 5) is 34.5. The smallest absolute Gasteiger partial charge is 0.416 e. The van der Waals surface area contributed by atoms with Crippen LogP contribution in [0.15, 0.2) is 24.3 Å². The molecule has 1 aromatic carbocycles. The normalized spacial score (nSPS) is 12.2. The van der Waals surface area contributed by atoms with Gasteiger partial charge in [-0.2, -0.15) is 13.2 Å². The van der Waals surface area contributed by atoms with Gasteiger partial charge in [0.15, 0.2) is 6.04 Å². The molecule has 0 aliphatic rings. The number of methoxy groups -OCH3 is 1. The minimum atomic E-state index is -4.51. The lowest BCUT2D eigenvalue weighted by Crippen LogP contribution is -2.47. The zero-order valence-electron chi connectivity index (χ0n) is 12.5. The Kier molecular flexibility index (Phi) is 6.71. The van der Waals surface area contributed by atoms with E-state index in [9.17, 15) is 27.6 Å². The zero-order chi connectivity index (χ0) is 18.3. The number of rotatable bonds is 6. The summed E-state index contributed by atoms with van der Waals surface area (Å²) in [7, 11) is 1.07. The first-order valence-corrected chi connectivity index (χ1v) is 6.62. The maximum absolute atomic E-state index is 12.4. The minimum absolute atomic E-state index is 0.0672. The van der Waals surface area contributed by atoms with Gasteiger partial charge in [-0.15, -0.1) is 0 Å². The van der Waals surface area contributed by atoms with Crippen LogP contribution in [0.5, 0.6) is 0 Å². The van der Waals surface area contributed by atoms with E-state index in [2.05, 4.69) is 15.4 Å². The van der Waals surface area contributed by atoms with Crippen molar-refractivity contribution in [1.29, 1.82) is 0 Å². The molecule has 2 amide bonds. The number of hydrogen-bond acceptors (Lipinski definition) is 5. The molecule has 3 N–H and O–H groups in total. The molecule has 0 radical (unpaired) electrons. The van der Waals surface area contributed by atoms with Gasteiger partial charge < -0.3 is 20.5 Å². The van der Waals surface area contributed by atoms with Crippen LogP contribution in [0.3, 0.4) is 0 Å². The number of benzene rings is 1. The number of aliphatic hydroxyl groups is 1. The Morgan fingerprint density at radius 3 is 2.25 bits per heavy atom. The van der Waals surface area contributed by atoms with Crippen LogP contribution in [-0.4, -0.2) is 49.2 Å². The van der Waals surface area contributed by atoms with E-state index in [0.717, 1.165) is 31.4 Å². The van der Waals surface area contributed by atoms with Gasteiger partial charge in [-0.05, 0) is 24.3 Å². The third kappa shape index (κ3) is 5.54. The van der Waals surface area contributed by atoms with E-state index < -0.39 is 48.7 Å². The summed E-state index contributed by atoms with van der Waals surface area (Å²) < 4.78 is 41.6. The second-order valence-electron chi connectivity index (χ2n) is 4.58. The van der Waals surface area contributed by atoms with Crippen LogP contribution in [0.4, 0.5) is 13.2 Å². The van der Waals surface area contributed by atoms with Crippen molar-refractivity contribution in [3.63, 3.8) is 0 Å². The summed E-state index contributed by atoms with van der Waals surface area (Å²) in [5, 5.41) is 13.2. The molecule has 0 saturated heterocycles. The van der Waals surface area contributed by atoms with Crippen molar-refractivity contribution in [2.24, 2.45) is 0 Å². The lowest BCUT2D eigenvalue weighted by atomic mass is 10.1. The zero-order valence-corrected chi connectivity index (χ0v) is 12.5. The summed E-state index contributed by atoms with van der Waals surface area (Å²) in [6.45, 7) is -1.22. The molecular weight excluding hydrogens is 333 g/mol. The van der Waals surface area contributed by atoms with Gasteiger partial charge in [-0.1, -0.05) is 0 Å².